The SMILES string of the molecule is CCOc1c(/C(C)=C/C(=O)Nc2ccc(C)c(C)c2)cc2c(-c3ccc(OC)c(OC)c3)coc2c1C. The van der Waals surface area contributed by atoms with E-state index in [1.54, 1.807) is 26.6 Å². The van der Waals surface area contributed by atoms with E-state index in [9.17, 15) is 4.79 Å². The number of carbonyl (C=O) groups is 1. The van der Waals surface area contributed by atoms with Crippen molar-refractivity contribution < 1.29 is 23.4 Å². The molecule has 0 radical (unpaired) electrons. The van der Waals surface area contributed by atoms with Gasteiger partial charge in [-0.3, -0.25) is 4.79 Å². The normalized spacial score (nSPS) is 11.5. The quantitative estimate of drug-likeness (QED) is 0.254. The zero-order valence-electron chi connectivity index (χ0n) is 22.4. The lowest BCUT2D eigenvalue weighted by Gasteiger charge is -2.15. The molecule has 0 fully saturated rings. The van der Waals surface area contributed by atoms with Gasteiger partial charge < -0.3 is 23.9 Å². The zero-order valence-corrected chi connectivity index (χ0v) is 22.4. The molecule has 0 bridgehead atoms. The number of amides is 1. The summed E-state index contributed by atoms with van der Waals surface area (Å²) in [5.41, 5.74) is 8.16. The predicted octanol–water partition coefficient (Wildman–Crippen LogP) is 7.48. The fraction of sp³-hybridized carbons (Fsp3) is 0.258. The number of hydrogen-bond donors (Lipinski definition) is 1. The number of carbonyl (C=O) groups excluding carboxylic acids is 1. The highest BCUT2D eigenvalue weighted by Gasteiger charge is 2.20. The molecule has 1 heterocycles. The average molecular weight is 500 g/mol. The van der Waals surface area contributed by atoms with Crippen molar-refractivity contribution in [3.8, 4) is 28.4 Å². The van der Waals surface area contributed by atoms with Crippen molar-refractivity contribution >= 4 is 28.1 Å². The second kappa shape index (κ2) is 10.8. The fourth-order valence-electron chi connectivity index (χ4n) is 4.44. The molecule has 1 aromatic heterocycles. The number of aryl methyl sites for hydroxylation is 3. The average Bonchev–Trinajstić information content (AvgIpc) is 3.31. The Labute approximate surface area is 217 Å². The zero-order chi connectivity index (χ0) is 26.7. The van der Waals surface area contributed by atoms with Gasteiger partial charge in [0.2, 0.25) is 5.91 Å². The minimum absolute atomic E-state index is 0.201. The van der Waals surface area contributed by atoms with Crippen LogP contribution < -0.4 is 19.5 Å². The Kier molecular flexibility index (Phi) is 7.58. The van der Waals surface area contributed by atoms with E-state index >= 15 is 0 Å². The van der Waals surface area contributed by atoms with Crippen LogP contribution in [0.4, 0.5) is 5.69 Å². The Hall–Kier alpha value is -4.19. The van der Waals surface area contributed by atoms with Gasteiger partial charge in [-0.1, -0.05) is 12.1 Å². The van der Waals surface area contributed by atoms with Crippen molar-refractivity contribution in [3.63, 3.8) is 0 Å². The summed E-state index contributed by atoms with van der Waals surface area (Å²) in [6.45, 7) is 10.4. The number of benzene rings is 3. The highest BCUT2D eigenvalue weighted by atomic mass is 16.5. The van der Waals surface area contributed by atoms with E-state index in [0.717, 1.165) is 50.0 Å². The second-order valence-corrected chi connectivity index (χ2v) is 9.02. The molecule has 192 valence electrons. The van der Waals surface area contributed by atoms with Crippen molar-refractivity contribution in [2.75, 3.05) is 26.1 Å². The molecule has 4 rings (SSSR count). The molecule has 0 saturated heterocycles. The highest BCUT2D eigenvalue weighted by molar-refractivity contribution is 6.06. The van der Waals surface area contributed by atoms with Gasteiger partial charge in [-0.15, -0.1) is 0 Å². The molecular weight excluding hydrogens is 466 g/mol. The maximum absolute atomic E-state index is 12.9. The molecule has 0 aliphatic rings. The Balaban J connectivity index is 1.78. The fourth-order valence-corrected chi connectivity index (χ4v) is 4.44. The first-order valence-corrected chi connectivity index (χ1v) is 12.2. The van der Waals surface area contributed by atoms with Crippen LogP contribution in [0.25, 0.3) is 27.7 Å². The molecule has 1 amide bonds. The largest absolute Gasteiger partial charge is 0.493 e. The molecule has 0 atom stereocenters. The summed E-state index contributed by atoms with van der Waals surface area (Å²) in [4.78, 5) is 12.9. The lowest BCUT2D eigenvalue weighted by Crippen LogP contribution is -2.09. The Morgan fingerprint density at radius 3 is 2.41 bits per heavy atom. The third-order valence-electron chi connectivity index (χ3n) is 6.57. The van der Waals surface area contributed by atoms with Crippen LogP contribution in [0.2, 0.25) is 0 Å². The first kappa shape index (κ1) is 25.9. The monoisotopic (exact) mass is 499 g/mol. The van der Waals surface area contributed by atoms with Crippen molar-refractivity contribution in [2.24, 2.45) is 0 Å². The lowest BCUT2D eigenvalue weighted by molar-refractivity contribution is -0.111. The van der Waals surface area contributed by atoms with Gasteiger partial charge in [0.15, 0.2) is 11.5 Å². The molecule has 6 nitrogen and oxygen atoms in total. The number of rotatable bonds is 8. The number of anilines is 1. The lowest BCUT2D eigenvalue weighted by atomic mass is 9.96. The third-order valence-corrected chi connectivity index (χ3v) is 6.57. The smallest absolute Gasteiger partial charge is 0.248 e. The molecule has 37 heavy (non-hydrogen) atoms. The van der Waals surface area contributed by atoms with Gasteiger partial charge in [0, 0.05) is 33.8 Å². The second-order valence-electron chi connectivity index (χ2n) is 9.02. The molecule has 0 spiro atoms. The van der Waals surface area contributed by atoms with Crippen LogP contribution in [0.1, 0.15) is 36.1 Å². The minimum Gasteiger partial charge on any atom is -0.493 e. The first-order chi connectivity index (χ1) is 17.8. The third kappa shape index (κ3) is 5.19. The van der Waals surface area contributed by atoms with E-state index in [1.165, 1.54) is 5.56 Å². The summed E-state index contributed by atoms with van der Waals surface area (Å²) >= 11 is 0. The van der Waals surface area contributed by atoms with E-state index in [0.29, 0.717) is 23.9 Å². The highest BCUT2D eigenvalue weighted by Crippen LogP contribution is 2.42. The Bertz CT molecular complexity index is 1500. The van der Waals surface area contributed by atoms with Crippen molar-refractivity contribution in [3.05, 3.63) is 77.1 Å². The minimum atomic E-state index is -0.201. The van der Waals surface area contributed by atoms with Gasteiger partial charge in [0.05, 0.1) is 27.1 Å². The molecule has 1 N–H and O–H groups in total. The van der Waals surface area contributed by atoms with Crippen LogP contribution in [0.3, 0.4) is 0 Å². The molecule has 0 unspecified atom stereocenters. The van der Waals surface area contributed by atoms with E-state index in [1.807, 2.05) is 77.1 Å². The molecular formula is C31H33NO5. The standard InChI is InChI=1S/C31H33NO5/c1-8-36-30-21(5)31-25(26(17-37-31)22-10-12-27(34-6)28(15-22)35-7)16-24(30)20(4)14-29(33)32-23-11-9-18(2)19(3)13-23/h9-17H,8H2,1-7H3,(H,32,33)/b20-14+. The van der Waals surface area contributed by atoms with Gasteiger partial charge in [-0.2, -0.15) is 0 Å². The molecule has 0 aliphatic heterocycles. The summed E-state index contributed by atoms with van der Waals surface area (Å²) < 4.78 is 22.9. The Morgan fingerprint density at radius 1 is 0.973 bits per heavy atom. The van der Waals surface area contributed by atoms with E-state index in [-0.39, 0.29) is 5.91 Å². The van der Waals surface area contributed by atoms with Gasteiger partial charge in [-0.25, -0.2) is 0 Å². The van der Waals surface area contributed by atoms with Crippen LogP contribution in [-0.2, 0) is 4.79 Å². The number of allylic oxidation sites excluding steroid dienone is 1. The van der Waals surface area contributed by atoms with Gasteiger partial charge in [0.25, 0.3) is 0 Å². The summed E-state index contributed by atoms with van der Waals surface area (Å²) in [6.07, 6.45) is 3.35. The molecule has 6 heteroatoms. The summed E-state index contributed by atoms with van der Waals surface area (Å²) in [6, 6.07) is 13.7. The molecule has 4 aromatic rings. The summed E-state index contributed by atoms with van der Waals surface area (Å²) in [5.74, 6) is 1.80. The van der Waals surface area contributed by atoms with Crippen LogP contribution in [-0.4, -0.2) is 26.7 Å². The summed E-state index contributed by atoms with van der Waals surface area (Å²) in [5, 5.41) is 3.89. The van der Waals surface area contributed by atoms with Crippen LogP contribution >= 0.6 is 0 Å². The van der Waals surface area contributed by atoms with E-state index in [4.69, 9.17) is 18.6 Å². The van der Waals surface area contributed by atoms with Gasteiger partial charge >= 0.3 is 0 Å². The predicted molar refractivity (Wildman–Crippen MR) is 149 cm³/mol. The van der Waals surface area contributed by atoms with Crippen molar-refractivity contribution in [1.29, 1.82) is 0 Å². The first-order valence-electron chi connectivity index (χ1n) is 12.2. The number of nitrogens with one attached hydrogen (secondary N) is 1. The topological polar surface area (TPSA) is 69.9 Å². The van der Waals surface area contributed by atoms with Crippen LogP contribution in [0.15, 0.2) is 59.2 Å². The van der Waals surface area contributed by atoms with Crippen molar-refractivity contribution in [1.82, 2.24) is 0 Å². The molecule has 0 aliphatic carbocycles. The number of fused-ring (bicyclic) bond motifs is 1. The van der Waals surface area contributed by atoms with E-state index < -0.39 is 0 Å². The maximum Gasteiger partial charge on any atom is 0.248 e. The maximum atomic E-state index is 12.9. The van der Waals surface area contributed by atoms with Crippen molar-refractivity contribution in [2.45, 2.75) is 34.6 Å². The number of ether oxygens (including phenoxy) is 3. The van der Waals surface area contributed by atoms with Gasteiger partial charge in [-0.05, 0) is 87.2 Å². The molecule has 3 aromatic carbocycles. The number of furan rings is 1. The number of hydrogen-bond acceptors (Lipinski definition) is 5. The summed E-state index contributed by atoms with van der Waals surface area (Å²) in [7, 11) is 3.23. The van der Waals surface area contributed by atoms with Gasteiger partial charge in [0.1, 0.15) is 11.3 Å². The van der Waals surface area contributed by atoms with Crippen LogP contribution in [0.5, 0.6) is 17.2 Å². The van der Waals surface area contributed by atoms with E-state index in [2.05, 4.69) is 5.32 Å². The van der Waals surface area contributed by atoms with Crippen LogP contribution in [0, 0.1) is 20.8 Å². The molecule has 0 saturated carbocycles. The Morgan fingerprint density at radius 2 is 1.73 bits per heavy atom. The number of methoxy groups -OCH3 is 2.